The highest BCUT2D eigenvalue weighted by atomic mass is 16.5. The summed E-state index contributed by atoms with van der Waals surface area (Å²) in [7, 11) is 1.68. The van der Waals surface area contributed by atoms with Crippen LogP contribution >= 0.6 is 0 Å². The number of ether oxygens (including phenoxy) is 1. The largest absolute Gasteiger partial charge is 0.497 e. The molecule has 3 amide bonds. The van der Waals surface area contributed by atoms with Gasteiger partial charge in [-0.05, 0) is 55.3 Å². The maximum Gasteiger partial charge on any atom is 0.321 e. The normalized spacial score (nSPS) is 19.4. The monoisotopic (exact) mass is 408 g/mol. The summed E-state index contributed by atoms with van der Waals surface area (Å²) < 4.78 is 5.32. The van der Waals surface area contributed by atoms with Crippen LogP contribution in [-0.4, -0.2) is 56.2 Å². The zero-order valence-corrected chi connectivity index (χ0v) is 17.3. The van der Waals surface area contributed by atoms with E-state index in [1.165, 1.54) is 5.56 Å². The Labute approximate surface area is 177 Å². The molecule has 0 bridgehead atoms. The summed E-state index contributed by atoms with van der Waals surface area (Å²) in [6.45, 7) is 3.91. The minimum atomic E-state index is -0.118. The third-order valence-electron chi connectivity index (χ3n) is 5.66. The highest BCUT2D eigenvalue weighted by molar-refractivity contribution is 5.98. The van der Waals surface area contributed by atoms with Crippen LogP contribution in [-0.2, 0) is 6.54 Å². The second kappa shape index (κ2) is 9.17. The minimum absolute atomic E-state index is 0.0929. The number of hydrogen-bond acceptors (Lipinski definition) is 4. The average Bonchev–Trinajstić information content (AvgIpc) is 3.20. The van der Waals surface area contributed by atoms with Crippen molar-refractivity contribution in [2.45, 2.75) is 25.4 Å². The van der Waals surface area contributed by atoms with Gasteiger partial charge in [0.1, 0.15) is 5.75 Å². The van der Waals surface area contributed by atoms with Crippen LogP contribution in [0.2, 0.25) is 0 Å². The van der Waals surface area contributed by atoms with Gasteiger partial charge in [-0.15, -0.1) is 0 Å². The van der Waals surface area contributed by atoms with E-state index >= 15 is 0 Å². The molecular formula is C23H28N4O3. The number of piperidine rings is 1. The zero-order valence-electron chi connectivity index (χ0n) is 17.3. The van der Waals surface area contributed by atoms with Gasteiger partial charge in [-0.25, -0.2) is 4.79 Å². The van der Waals surface area contributed by atoms with Gasteiger partial charge in [0.15, 0.2) is 0 Å². The van der Waals surface area contributed by atoms with E-state index in [1.54, 1.807) is 24.1 Å². The Balaban J connectivity index is 1.36. The van der Waals surface area contributed by atoms with Crippen LogP contribution in [0.25, 0.3) is 0 Å². The lowest BCUT2D eigenvalue weighted by Gasteiger charge is -2.33. The van der Waals surface area contributed by atoms with Crippen molar-refractivity contribution in [3.05, 3.63) is 59.7 Å². The van der Waals surface area contributed by atoms with E-state index in [0.29, 0.717) is 18.7 Å². The molecule has 158 valence electrons. The van der Waals surface area contributed by atoms with Crippen LogP contribution in [0, 0.1) is 0 Å². The van der Waals surface area contributed by atoms with Gasteiger partial charge in [-0.2, -0.15) is 0 Å². The van der Waals surface area contributed by atoms with Gasteiger partial charge in [0.2, 0.25) is 0 Å². The topological polar surface area (TPSA) is 73.9 Å². The van der Waals surface area contributed by atoms with Gasteiger partial charge in [0.25, 0.3) is 5.91 Å². The molecular weight excluding hydrogens is 380 g/mol. The molecule has 0 aromatic heterocycles. The van der Waals surface area contributed by atoms with Crippen molar-refractivity contribution in [2.24, 2.45) is 0 Å². The van der Waals surface area contributed by atoms with Crippen molar-refractivity contribution >= 4 is 17.6 Å². The zero-order chi connectivity index (χ0) is 20.9. The van der Waals surface area contributed by atoms with Crippen molar-refractivity contribution in [1.82, 2.24) is 15.5 Å². The summed E-state index contributed by atoms with van der Waals surface area (Å²) in [5.74, 6) is 0.769. The van der Waals surface area contributed by atoms with E-state index in [4.69, 9.17) is 4.74 Å². The summed E-state index contributed by atoms with van der Waals surface area (Å²) >= 11 is 0. The van der Waals surface area contributed by atoms with E-state index in [0.717, 1.165) is 43.9 Å². The van der Waals surface area contributed by atoms with Crippen molar-refractivity contribution < 1.29 is 14.3 Å². The summed E-state index contributed by atoms with van der Waals surface area (Å²) in [5.41, 5.74) is 2.54. The quantitative estimate of drug-likeness (QED) is 0.771. The van der Waals surface area contributed by atoms with Gasteiger partial charge in [-0.3, -0.25) is 14.6 Å². The van der Waals surface area contributed by atoms with Crippen molar-refractivity contribution in [1.29, 1.82) is 0 Å². The van der Waals surface area contributed by atoms with E-state index in [2.05, 4.69) is 27.7 Å². The Kier molecular flexibility index (Phi) is 6.18. The lowest BCUT2D eigenvalue weighted by Crippen LogP contribution is -2.47. The molecule has 2 N–H and O–H groups in total. The van der Waals surface area contributed by atoms with Crippen LogP contribution in [0.15, 0.2) is 48.5 Å². The molecule has 0 spiro atoms. The number of urea groups is 1. The highest BCUT2D eigenvalue weighted by Gasteiger charge is 2.24. The Hall–Kier alpha value is -3.06. The summed E-state index contributed by atoms with van der Waals surface area (Å²) in [6, 6.07) is 15.4. The fourth-order valence-electron chi connectivity index (χ4n) is 4.15. The molecule has 2 aromatic rings. The molecule has 4 rings (SSSR count). The molecule has 2 heterocycles. The number of carbonyl (C=O) groups excluding carboxylic acids is 2. The van der Waals surface area contributed by atoms with Crippen molar-refractivity contribution in [2.75, 3.05) is 38.2 Å². The first-order valence-electron chi connectivity index (χ1n) is 10.4. The predicted octanol–water partition coefficient (Wildman–Crippen LogP) is 2.62. The molecule has 1 atom stereocenters. The summed E-state index contributed by atoms with van der Waals surface area (Å²) in [5, 5.41) is 5.97. The van der Waals surface area contributed by atoms with E-state index in [-0.39, 0.29) is 18.0 Å². The number of rotatable bonds is 6. The molecule has 2 saturated heterocycles. The van der Waals surface area contributed by atoms with E-state index in [9.17, 15) is 9.59 Å². The second-order valence-corrected chi connectivity index (χ2v) is 7.83. The van der Waals surface area contributed by atoms with Gasteiger partial charge in [-0.1, -0.05) is 18.2 Å². The molecule has 2 fully saturated rings. The molecule has 0 radical (unpaired) electrons. The number of likely N-dealkylation sites (tertiary alicyclic amines) is 1. The number of nitrogens with one attached hydrogen (secondary N) is 2. The number of nitrogens with zero attached hydrogens (tertiary/aromatic N) is 2. The predicted molar refractivity (Wildman–Crippen MR) is 116 cm³/mol. The maximum absolute atomic E-state index is 12.8. The fourth-order valence-corrected chi connectivity index (χ4v) is 4.15. The number of benzene rings is 2. The molecule has 1 unspecified atom stereocenters. The third kappa shape index (κ3) is 4.74. The van der Waals surface area contributed by atoms with Crippen LogP contribution in [0.3, 0.4) is 0 Å². The smallest absolute Gasteiger partial charge is 0.321 e. The van der Waals surface area contributed by atoms with Crippen LogP contribution in [0.4, 0.5) is 10.5 Å². The Morgan fingerprint density at radius 2 is 2.07 bits per heavy atom. The lowest BCUT2D eigenvalue weighted by molar-refractivity contribution is 0.0900. The third-order valence-corrected chi connectivity index (χ3v) is 5.66. The van der Waals surface area contributed by atoms with Gasteiger partial charge < -0.3 is 15.4 Å². The number of methoxy groups -OCH3 is 1. The van der Waals surface area contributed by atoms with Crippen LogP contribution in [0.5, 0.6) is 5.75 Å². The minimum Gasteiger partial charge on any atom is -0.497 e. The summed E-state index contributed by atoms with van der Waals surface area (Å²) in [4.78, 5) is 28.8. The molecule has 2 aliphatic rings. The molecule has 0 saturated carbocycles. The molecule has 2 aromatic carbocycles. The molecule has 0 aliphatic carbocycles. The summed E-state index contributed by atoms with van der Waals surface area (Å²) in [6.07, 6.45) is 2.01. The van der Waals surface area contributed by atoms with Gasteiger partial charge in [0, 0.05) is 43.5 Å². The van der Waals surface area contributed by atoms with E-state index in [1.807, 2.05) is 24.3 Å². The Morgan fingerprint density at radius 1 is 1.20 bits per heavy atom. The van der Waals surface area contributed by atoms with Crippen LogP contribution < -0.4 is 20.3 Å². The van der Waals surface area contributed by atoms with E-state index < -0.39 is 0 Å². The molecule has 7 heteroatoms. The van der Waals surface area contributed by atoms with Crippen molar-refractivity contribution in [3.8, 4) is 5.75 Å². The standard InChI is InChI=1S/C23H28N4O3/c1-30-21-9-2-5-17(13-21)15-26-11-4-7-19(16-26)25-22(28)18-6-3-8-20(14-18)27-12-10-24-23(27)29/h2-3,5-6,8-9,13-14,19H,4,7,10-12,15-16H2,1H3,(H,24,29)(H,25,28). The fraction of sp³-hybridized carbons (Fsp3) is 0.391. The van der Waals surface area contributed by atoms with Crippen LogP contribution in [0.1, 0.15) is 28.8 Å². The molecule has 2 aliphatic heterocycles. The first kappa shape index (κ1) is 20.2. The van der Waals surface area contributed by atoms with Gasteiger partial charge in [0.05, 0.1) is 7.11 Å². The maximum atomic E-state index is 12.8. The van der Waals surface area contributed by atoms with Crippen molar-refractivity contribution in [3.63, 3.8) is 0 Å². The SMILES string of the molecule is COc1cccc(CN2CCCC(NC(=O)c3cccc(N4CCNC4=O)c3)C2)c1. The highest BCUT2D eigenvalue weighted by Crippen LogP contribution is 2.20. The second-order valence-electron chi connectivity index (χ2n) is 7.83. The number of carbonyl (C=O) groups is 2. The number of hydrogen-bond donors (Lipinski definition) is 2. The Bertz CT molecular complexity index is 917. The molecule has 30 heavy (non-hydrogen) atoms. The number of anilines is 1. The first-order chi connectivity index (χ1) is 14.6. The Morgan fingerprint density at radius 3 is 2.87 bits per heavy atom. The average molecular weight is 409 g/mol. The van der Waals surface area contributed by atoms with Gasteiger partial charge >= 0.3 is 6.03 Å². The first-order valence-corrected chi connectivity index (χ1v) is 10.4. The lowest BCUT2D eigenvalue weighted by atomic mass is 10.0. The number of amides is 3. The molecule has 7 nitrogen and oxygen atoms in total.